The number of fused-ring (bicyclic) bond motifs is 1. The summed E-state index contributed by atoms with van der Waals surface area (Å²) >= 11 is 7.20. The van der Waals surface area contributed by atoms with Crippen LogP contribution in [0.1, 0.15) is 0 Å². The van der Waals surface area contributed by atoms with Crippen molar-refractivity contribution in [3.8, 4) is 5.69 Å². The van der Waals surface area contributed by atoms with Crippen LogP contribution in [0.4, 0.5) is 5.82 Å². The maximum absolute atomic E-state index is 12.7. The second kappa shape index (κ2) is 7.58. The molecular weight excluding hydrogens is 446 g/mol. The molecule has 1 aliphatic rings. The highest BCUT2D eigenvalue weighted by atomic mass is 35.5. The number of hydrogen-bond donors (Lipinski definition) is 0. The van der Waals surface area contributed by atoms with Crippen LogP contribution in [0.2, 0.25) is 5.02 Å². The molecule has 0 aliphatic carbocycles. The molecule has 4 aromatic rings. The van der Waals surface area contributed by atoms with Gasteiger partial charge in [-0.05, 0) is 35.7 Å². The highest BCUT2D eigenvalue weighted by Gasteiger charge is 2.30. The van der Waals surface area contributed by atoms with Crippen LogP contribution in [-0.2, 0) is 10.0 Å². The Hall–Kier alpha value is -2.60. The number of benzene rings is 1. The summed E-state index contributed by atoms with van der Waals surface area (Å²) in [6.45, 7) is 1.75. The van der Waals surface area contributed by atoms with Gasteiger partial charge < -0.3 is 4.90 Å². The second-order valence-electron chi connectivity index (χ2n) is 6.67. The van der Waals surface area contributed by atoms with Crippen LogP contribution in [0.5, 0.6) is 0 Å². The minimum atomic E-state index is -3.45. The molecule has 1 aromatic carbocycles. The van der Waals surface area contributed by atoms with Gasteiger partial charge in [0.05, 0.1) is 5.69 Å². The van der Waals surface area contributed by atoms with E-state index in [2.05, 4.69) is 20.3 Å². The molecule has 0 radical (unpaired) electrons. The fraction of sp³-hybridized carbons (Fsp3) is 0.222. The van der Waals surface area contributed by atoms with Crippen molar-refractivity contribution in [2.45, 2.75) is 4.21 Å². The number of anilines is 1. The second-order valence-corrected chi connectivity index (χ2v) is 10.2. The first-order valence-electron chi connectivity index (χ1n) is 9.15. The number of halogens is 1. The van der Waals surface area contributed by atoms with Crippen molar-refractivity contribution >= 4 is 49.9 Å². The summed E-state index contributed by atoms with van der Waals surface area (Å²) in [5, 5.41) is 10.9. The summed E-state index contributed by atoms with van der Waals surface area (Å²) in [7, 11) is -3.45. The van der Waals surface area contributed by atoms with Crippen LogP contribution in [0.3, 0.4) is 0 Å². The van der Waals surface area contributed by atoms with Gasteiger partial charge in [-0.25, -0.2) is 18.4 Å². The molecule has 3 aromatic heterocycles. The molecule has 12 heteroatoms. The van der Waals surface area contributed by atoms with Crippen molar-refractivity contribution in [1.82, 2.24) is 29.3 Å². The summed E-state index contributed by atoms with van der Waals surface area (Å²) in [5.74, 6) is 0.647. The number of hydrogen-bond acceptors (Lipinski definition) is 8. The fourth-order valence-electron chi connectivity index (χ4n) is 3.40. The SMILES string of the molecule is O=S(=O)(c1cccs1)N1CCN(c2ncnc3c2nnn3-c2ccc(Cl)cc2)CC1. The monoisotopic (exact) mass is 461 g/mol. The largest absolute Gasteiger partial charge is 0.352 e. The van der Waals surface area contributed by atoms with Crippen LogP contribution in [0.25, 0.3) is 16.9 Å². The predicted molar refractivity (Wildman–Crippen MR) is 115 cm³/mol. The van der Waals surface area contributed by atoms with Crippen LogP contribution in [-0.4, -0.2) is 63.9 Å². The molecule has 154 valence electrons. The molecule has 30 heavy (non-hydrogen) atoms. The third-order valence-electron chi connectivity index (χ3n) is 4.92. The maximum Gasteiger partial charge on any atom is 0.252 e. The van der Waals surface area contributed by atoms with Crippen molar-refractivity contribution in [3.63, 3.8) is 0 Å². The Labute approximate surface area is 181 Å². The van der Waals surface area contributed by atoms with Crippen molar-refractivity contribution < 1.29 is 8.42 Å². The number of rotatable bonds is 4. The highest BCUT2D eigenvalue weighted by Crippen LogP contribution is 2.26. The Bertz CT molecular complexity index is 1280. The molecule has 5 rings (SSSR count). The number of aromatic nitrogens is 5. The molecule has 1 fully saturated rings. The van der Waals surface area contributed by atoms with Crippen molar-refractivity contribution in [3.05, 3.63) is 53.1 Å². The van der Waals surface area contributed by atoms with E-state index in [4.69, 9.17) is 11.6 Å². The molecule has 4 heterocycles. The maximum atomic E-state index is 12.7. The Morgan fingerprint density at radius 2 is 1.77 bits per heavy atom. The number of thiophene rings is 1. The van der Waals surface area contributed by atoms with Gasteiger partial charge in [-0.2, -0.15) is 8.99 Å². The van der Waals surface area contributed by atoms with Crippen LogP contribution >= 0.6 is 22.9 Å². The van der Waals surface area contributed by atoms with Gasteiger partial charge in [0.1, 0.15) is 10.5 Å². The van der Waals surface area contributed by atoms with E-state index >= 15 is 0 Å². The fourth-order valence-corrected chi connectivity index (χ4v) is 6.09. The lowest BCUT2D eigenvalue weighted by Crippen LogP contribution is -2.48. The Kier molecular flexibility index (Phi) is 4.89. The normalized spacial score (nSPS) is 15.7. The van der Waals surface area contributed by atoms with Crippen LogP contribution in [0.15, 0.2) is 52.3 Å². The Morgan fingerprint density at radius 3 is 2.47 bits per heavy atom. The number of sulfonamides is 1. The van der Waals surface area contributed by atoms with Crippen molar-refractivity contribution in [1.29, 1.82) is 0 Å². The number of nitrogens with zero attached hydrogens (tertiary/aromatic N) is 7. The lowest BCUT2D eigenvalue weighted by molar-refractivity contribution is 0.385. The third kappa shape index (κ3) is 3.33. The zero-order valence-electron chi connectivity index (χ0n) is 15.6. The van der Waals surface area contributed by atoms with Crippen molar-refractivity contribution in [2.75, 3.05) is 31.1 Å². The van der Waals surface area contributed by atoms with E-state index < -0.39 is 10.0 Å². The summed E-state index contributed by atoms with van der Waals surface area (Å²) < 4.78 is 29.0. The van der Waals surface area contributed by atoms with E-state index in [-0.39, 0.29) is 0 Å². The predicted octanol–water partition coefficient (Wildman–Crippen LogP) is 2.44. The third-order valence-corrected chi connectivity index (χ3v) is 8.44. The zero-order chi connectivity index (χ0) is 20.7. The van der Waals surface area contributed by atoms with E-state index in [1.807, 2.05) is 17.0 Å². The zero-order valence-corrected chi connectivity index (χ0v) is 18.0. The van der Waals surface area contributed by atoms with E-state index in [1.165, 1.54) is 22.0 Å². The molecular formula is C18H16ClN7O2S2. The molecule has 0 atom stereocenters. The van der Waals surface area contributed by atoms with Gasteiger partial charge in [0.15, 0.2) is 17.0 Å². The summed E-state index contributed by atoms with van der Waals surface area (Å²) in [5.41, 5.74) is 1.94. The summed E-state index contributed by atoms with van der Waals surface area (Å²) in [6, 6.07) is 10.6. The van der Waals surface area contributed by atoms with Gasteiger partial charge in [-0.15, -0.1) is 16.4 Å². The molecule has 0 amide bonds. The highest BCUT2D eigenvalue weighted by molar-refractivity contribution is 7.91. The molecule has 0 bridgehead atoms. The van der Waals surface area contributed by atoms with Gasteiger partial charge in [0, 0.05) is 31.2 Å². The van der Waals surface area contributed by atoms with Gasteiger partial charge in [0.25, 0.3) is 10.0 Å². The lowest BCUT2D eigenvalue weighted by Gasteiger charge is -2.34. The van der Waals surface area contributed by atoms with Gasteiger partial charge in [0.2, 0.25) is 0 Å². The number of piperazine rings is 1. The van der Waals surface area contributed by atoms with Gasteiger partial charge >= 0.3 is 0 Å². The average Bonchev–Trinajstić information content (AvgIpc) is 3.45. The summed E-state index contributed by atoms with van der Waals surface area (Å²) in [4.78, 5) is 10.8. The lowest BCUT2D eigenvalue weighted by atomic mass is 10.3. The van der Waals surface area contributed by atoms with E-state index in [0.717, 1.165) is 5.69 Å². The topological polar surface area (TPSA) is 97.1 Å². The van der Waals surface area contributed by atoms with Crippen LogP contribution < -0.4 is 4.90 Å². The molecule has 1 aliphatic heterocycles. The Morgan fingerprint density at radius 1 is 1.00 bits per heavy atom. The van der Waals surface area contributed by atoms with E-state index in [0.29, 0.717) is 52.4 Å². The standard InChI is InChI=1S/C18H16ClN7O2S2/c19-13-3-5-14(6-4-13)26-18-16(22-23-26)17(20-12-21-18)24-7-9-25(10-8-24)30(27,28)15-2-1-11-29-15/h1-6,11-12H,7-10H2. The molecule has 0 unspecified atom stereocenters. The van der Waals surface area contributed by atoms with E-state index in [1.54, 1.807) is 34.3 Å². The van der Waals surface area contributed by atoms with Gasteiger partial charge in [-0.1, -0.05) is 22.9 Å². The minimum absolute atomic E-state index is 0.367. The molecule has 9 nitrogen and oxygen atoms in total. The average molecular weight is 462 g/mol. The quantitative estimate of drug-likeness (QED) is 0.460. The first-order chi connectivity index (χ1) is 14.5. The molecule has 1 saturated heterocycles. The first-order valence-corrected chi connectivity index (χ1v) is 11.8. The molecule has 0 saturated carbocycles. The Balaban J connectivity index is 1.41. The molecule has 0 spiro atoms. The van der Waals surface area contributed by atoms with Crippen molar-refractivity contribution in [2.24, 2.45) is 0 Å². The molecule has 0 N–H and O–H groups in total. The summed E-state index contributed by atoms with van der Waals surface area (Å²) in [6.07, 6.45) is 1.47. The minimum Gasteiger partial charge on any atom is -0.352 e. The first kappa shape index (κ1) is 19.4. The van der Waals surface area contributed by atoms with Gasteiger partial charge in [-0.3, -0.25) is 0 Å². The smallest absolute Gasteiger partial charge is 0.252 e. The van der Waals surface area contributed by atoms with Crippen LogP contribution in [0, 0.1) is 0 Å². The van der Waals surface area contributed by atoms with E-state index in [9.17, 15) is 8.42 Å².